The van der Waals surface area contributed by atoms with Crippen molar-refractivity contribution in [3.05, 3.63) is 34.1 Å². The molecule has 0 radical (unpaired) electrons. The van der Waals surface area contributed by atoms with Gasteiger partial charge in [0.2, 0.25) is 5.82 Å². The number of ether oxygens (including phenoxy) is 1. The molecule has 2 heterocycles. The predicted molar refractivity (Wildman–Crippen MR) is 110 cm³/mol. The normalized spacial score (nSPS) is 20.0. The molecule has 1 N–H and O–H groups in total. The van der Waals surface area contributed by atoms with Crippen molar-refractivity contribution >= 4 is 5.82 Å². The minimum atomic E-state index is -4.49. The van der Waals surface area contributed by atoms with Gasteiger partial charge in [0, 0.05) is 18.6 Å². The van der Waals surface area contributed by atoms with E-state index in [-0.39, 0.29) is 35.0 Å². The van der Waals surface area contributed by atoms with Gasteiger partial charge in [-0.2, -0.15) is 13.2 Å². The number of methoxy groups -OCH3 is 1. The van der Waals surface area contributed by atoms with Crippen LogP contribution < -0.4 is 15.6 Å². The summed E-state index contributed by atoms with van der Waals surface area (Å²) in [6.07, 6.45) is -0.887. The highest BCUT2D eigenvalue weighted by Crippen LogP contribution is 2.40. The maximum Gasteiger partial charge on any atom is 0.416 e. The summed E-state index contributed by atoms with van der Waals surface area (Å²) < 4.78 is 46.0. The molecule has 1 aliphatic heterocycles. The van der Waals surface area contributed by atoms with Gasteiger partial charge in [0.05, 0.1) is 18.2 Å². The van der Waals surface area contributed by atoms with Crippen molar-refractivity contribution in [2.75, 3.05) is 32.1 Å². The second kappa shape index (κ2) is 8.49. The van der Waals surface area contributed by atoms with Gasteiger partial charge in [0.15, 0.2) is 5.82 Å². The van der Waals surface area contributed by atoms with Crippen LogP contribution in [0.3, 0.4) is 0 Å². The summed E-state index contributed by atoms with van der Waals surface area (Å²) in [5.74, 6) is 0.413. The maximum atomic E-state index is 13.3. The van der Waals surface area contributed by atoms with E-state index in [1.807, 2.05) is 0 Å². The molecule has 1 atom stereocenters. The Labute approximate surface area is 178 Å². The first-order valence-corrected chi connectivity index (χ1v) is 10.6. The molecule has 1 aromatic heterocycles. The van der Waals surface area contributed by atoms with Crippen LogP contribution in [0, 0.1) is 0 Å². The van der Waals surface area contributed by atoms with Gasteiger partial charge in [-0.1, -0.05) is 6.92 Å². The smallest absolute Gasteiger partial charge is 0.416 e. The first kappa shape index (κ1) is 21.6. The van der Waals surface area contributed by atoms with E-state index in [1.54, 1.807) is 4.57 Å². The minimum absolute atomic E-state index is 0.00417. The molecule has 2 aliphatic rings. The van der Waals surface area contributed by atoms with Crippen LogP contribution in [0.2, 0.25) is 0 Å². The van der Waals surface area contributed by atoms with E-state index in [1.165, 1.54) is 13.2 Å². The minimum Gasteiger partial charge on any atom is -0.496 e. The fourth-order valence-corrected chi connectivity index (χ4v) is 4.05. The van der Waals surface area contributed by atoms with E-state index in [0.29, 0.717) is 5.56 Å². The highest BCUT2D eigenvalue weighted by atomic mass is 19.4. The largest absolute Gasteiger partial charge is 0.496 e. The summed E-state index contributed by atoms with van der Waals surface area (Å²) in [7, 11) is 1.30. The summed E-state index contributed by atoms with van der Waals surface area (Å²) in [5.41, 5.74) is -0.811. The molecule has 4 rings (SSSR count). The highest BCUT2D eigenvalue weighted by molar-refractivity contribution is 5.66. The van der Waals surface area contributed by atoms with Crippen LogP contribution in [0.5, 0.6) is 5.75 Å². The van der Waals surface area contributed by atoms with Gasteiger partial charge in [-0.05, 0) is 57.0 Å². The highest BCUT2D eigenvalue weighted by Gasteiger charge is 2.34. The third kappa shape index (κ3) is 4.53. The number of benzene rings is 1. The van der Waals surface area contributed by atoms with Gasteiger partial charge in [-0.25, -0.2) is 0 Å². The number of hydrogen-bond donors (Lipinski definition) is 1. The SMILES string of the molecule is CCN1CCCC(Nc2nnc(-c3ccc(C(F)(F)F)cc3OC)n(C3CC3)c2=O)C1. The Hall–Kier alpha value is -2.62. The molecule has 1 aliphatic carbocycles. The zero-order valence-electron chi connectivity index (χ0n) is 17.6. The molecule has 1 aromatic carbocycles. The topological polar surface area (TPSA) is 72.3 Å². The Morgan fingerprint density at radius 3 is 2.65 bits per heavy atom. The van der Waals surface area contributed by atoms with Crippen LogP contribution in [0.4, 0.5) is 19.0 Å². The molecule has 1 saturated carbocycles. The molecule has 7 nitrogen and oxygen atoms in total. The molecule has 2 fully saturated rings. The number of piperidine rings is 1. The van der Waals surface area contributed by atoms with Gasteiger partial charge < -0.3 is 15.0 Å². The number of alkyl halides is 3. The van der Waals surface area contributed by atoms with Crippen LogP contribution in [-0.2, 0) is 6.18 Å². The number of anilines is 1. The monoisotopic (exact) mass is 437 g/mol. The van der Waals surface area contributed by atoms with Crippen molar-refractivity contribution < 1.29 is 17.9 Å². The predicted octanol–water partition coefficient (Wildman–Crippen LogP) is 3.56. The van der Waals surface area contributed by atoms with Crippen molar-refractivity contribution in [3.8, 4) is 17.1 Å². The van der Waals surface area contributed by atoms with Crippen molar-refractivity contribution in [2.24, 2.45) is 0 Å². The second-order valence-electron chi connectivity index (χ2n) is 8.07. The van der Waals surface area contributed by atoms with E-state index in [4.69, 9.17) is 4.74 Å². The van der Waals surface area contributed by atoms with Crippen LogP contribution in [-0.4, -0.2) is 52.5 Å². The first-order chi connectivity index (χ1) is 14.8. The van der Waals surface area contributed by atoms with Gasteiger partial charge in [-0.15, -0.1) is 10.2 Å². The molecule has 10 heteroatoms. The zero-order valence-corrected chi connectivity index (χ0v) is 17.6. The van der Waals surface area contributed by atoms with Crippen LogP contribution >= 0.6 is 0 Å². The van der Waals surface area contributed by atoms with Crippen molar-refractivity contribution in [1.82, 2.24) is 19.7 Å². The fourth-order valence-electron chi connectivity index (χ4n) is 4.05. The molecule has 168 valence electrons. The lowest BCUT2D eigenvalue weighted by Crippen LogP contribution is -2.43. The zero-order chi connectivity index (χ0) is 22.2. The Morgan fingerprint density at radius 1 is 1.23 bits per heavy atom. The summed E-state index contributed by atoms with van der Waals surface area (Å²) in [5, 5.41) is 11.6. The van der Waals surface area contributed by atoms with E-state index < -0.39 is 11.7 Å². The number of rotatable bonds is 6. The molecule has 0 amide bonds. The summed E-state index contributed by atoms with van der Waals surface area (Å²) in [6.45, 7) is 4.92. The van der Waals surface area contributed by atoms with Crippen LogP contribution in [0.25, 0.3) is 11.4 Å². The average Bonchev–Trinajstić information content (AvgIpc) is 3.59. The van der Waals surface area contributed by atoms with Gasteiger partial charge in [0.1, 0.15) is 5.75 Å². The summed E-state index contributed by atoms with van der Waals surface area (Å²) >= 11 is 0. The number of halogens is 3. The van der Waals surface area contributed by atoms with Gasteiger partial charge >= 0.3 is 6.18 Å². The number of nitrogens with zero attached hydrogens (tertiary/aromatic N) is 4. The molecule has 0 bridgehead atoms. The molecule has 2 aromatic rings. The Morgan fingerprint density at radius 2 is 2.00 bits per heavy atom. The van der Waals surface area contributed by atoms with Gasteiger partial charge in [-0.3, -0.25) is 9.36 Å². The number of likely N-dealkylation sites (tertiary alicyclic amines) is 1. The van der Waals surface area contributed by atoms with E-state index in [2.05, 4.69) is 27.3 Å². The number of aromatic nitrogens is 3. The second-order valence-corrected chi connectivity index (χ2v) is 8.07. The molecule has 0 spiro atoms. The Bertz CT molecular complexity index is 1000. The lowest BCUT2D eigenvalue weighted by Gasteiger charge is -2.32. The number of likely N-dealkylation sites (N-methyl/N-ethyl adjacent to an activating group) is 1. The molecular weight excluding hydrogens is 411 g/mol. The van der Waals surface area contributed by atoms with E-state index >= 15 is 0 Å². The Balaban J connectivity index is 1.70. The first-order valence-electron chi connectivity index (χ1n) is 10.6. The van der Waals surface area contributed by atoms with Crippen LogP contribution in [0.1, 0.15) is 44.2 Å². The quantitative estimate of drug-likeness (QED) is 0.745. The van der Waals surface area contributed by atoms with Crippen LogP contribution in [0.15, 0.2) is 23.0 Å². The number of nitrogens with one attached hydrogen (secondary N) is 1. The average molecular weight is 437 g/mol. The maximum absolute atomic E-state index is 13.3. The lowest BCUT2D eigenvalue weighted by molar-refractivity contribution is -0.137. The number of hydrogen-bond acceptors (Lipinski definition) is 6. The standard InChI is InChI=1S/C21H26F3N5O2/c1-3-28-10-4-5-14(12-28)25-18-20(30)29(15-7-8-15)19(27-26-18)16-9-6-13(21(22,23)24)11-17(16)31-2/h6,9,11,14-15H,3-5,7-8,10,12H2,1-2H3,(H,25,26). The molecule has 31 heavy (non-hydrogen) atoms. The fraction of sp³-hybridized carbons (Fsp3) is 0.571. The van der Waals surface area contributed by atoms with Crippen molar-refractivity contribution in [3.63, 3.8) is 0 Å². The summed E-state index contributed by atoms with van der Waals surface area (Å²) in [4.78, 5) is 15.6. The van der Waals surface area contributed by atoms with Gasteiger partial charge in [0.25, 0.3) is 5.56 Å². The molecule has 1 saturated heterocycles. The van der Waals surface area contributed by atoms with Crippen molar-refractivity contribution in [2.45, 2.75) is 50.9 Å². The van der Waals surface area contributed by atoms with Crippen molar-refractivity contribution in [1.29, 1.82) is 0 Å². The molecular formula is C21H26F3N5O2. The van der Waals surface area contributed by atoms with E-state index in [0.717, 1.165) is 57.5 Å². The summed E-state index contributed by atoms with van der Waals surface area (Å²) in [6, 6.07) is 3.25. The third-order valence-electron chi connectivity index (χ3n) is 5.87. The third-order valence-corrected chi connectivity index (χ3v) is 5.87. The van der Waals surface area contributed by atoms with E-state index in [9.17, 15) is 18.0 Å². The Kier molecular flexibility index (Phi) is 5.92. The lowest BCUT2D eigenvalue weighted by atomic mass is 10.1. The molecule has 1 unspecified atom stereocenters.